The van der Waals surface area contributed by atoms with Crippen LogP contribution in [-0.4, -0.2) is 64.4 Å². The molecule has 0 bridgehead atoms. The number of hydrogen-bond acceptors (Lipinski definition) is 4. The highest BCUT2D eigenvalue weighted by molar-refractivity contribution is 5.76. The maximum Gasteiger partial charge on any atom is 0.244 e. The van der Waals surface area contributed by atoms with E-state index >= 15 is 0 Å². The molecule has 6 heteroatoms. The summed E-state index contributed by atoms with van der Waals surface area (Å²) in [7, 11) is 0. The minimum atomic E-state index is 0.150. The van der Waals surface area contributed by atoms with Gasteiger partial charge in [0.1, 0.15) is 6.54 Å². The molecule has 0 spiro atoms. The summed E-state index contributed by atoms with van der Waals surface area (Å²) in [6.45, 7) is 8.09. The molecule has 2 fully saturated rings. The lowest BCUT2D eigenvalue weighted by atomic mass is 9.95. The van der Waals surface area contributed by atoms with Crippen LogP contribution in [-0.2, 0) is 22.6 Å². The van der Waals surface area contributed by atoms with Crippen molar-refractivity contribution in [1.82, 2.24) is 19.6 Å². The topological polar surface area (TPSA) is 50.6 Å². The molecule has 1 unspecified atom stereocenters. The first kappa shape index (κ1) is 21.1. The molecule has 162 valence electrons. The number of piperidine rings is 1. The Morgan fingerprint density at radius 3 is 2.70 bits per heavy atom. The van der Waals surface area contributed by atoms with Crippen LogP contribution < -0.4 is 0 Å². The molecule has 0 N–H and O–H groups in total. The van der Waals surface area contributed by atoms with E-state index in [4.69, 9.17) is 4.74 Å². The molecule has 1 aromatic heterocycles. The van der Waals surface area contributed by atoms with Crippen LogP contribution in [0.3, 0.4) is 0 Å². The van der Waals surface area contributed by atoms with E-state index in [0.717, 1.165) is 58.5 Å². The Bertz CT molecular complexity index is 793. The van der Waals surface area contributed by atoms with Crippen LogP contribution in [0.1, 0.15) is 36.8 Å². The van der Waals surface area contributed by atoms with Gasteiger partial charge in [-0.3, -0.25) is 14.4 Å². The molecule has 0 radical (unpaired) electrons. The van der Waals surface area contributed by atoms with Crippen molar-refractivity contribution in [3.63, 3.8) is 0 Å². The first-order valence-corrected chi connectivity index (χ1v) is 11.3. The van der Waals surface area contributed by atoms with Gasteiger partial charge in [0, 0.05) is 38.6 Å². The van der Waals surface area contributed by atoms with E-state index in [2.05, 4.69) is 41.2 Å². The highest BCUT2D eigenvalue weighted by atomic mass is 16.5. The molecule has 30 heavy (non-hydrogen) atoms. The van der Waals surface area contributed by atoms with Gasteiger partial charge >= 0.3 is 0 Å². The van der Waals surface area contributed by atoms with E-state index in [1.54, 1.807) is 10.9 Å². The van der Waals surface area contributed by atoms with Gasteiger partial charge in [-0.2, -0.15) is 5.10 Å². The molecule has 3 heterocycles. The number of benzene rings is 1. The molecule has 2 saturated heterocycles. The second-order valence-electron chi connectivity index (χ2n) is 8.78. The summed E-state index contributed by atoms with van der Waals surface area (Å²) in [4.78, 5) is 17.6. The SMILES string of the molecule is Cc1ccccc1CN1CCC(CN(CC2CCCO2)C(=O)Cn2cccn2)CC1. The summed E-state index contributed by atoms with van der Waals surface area (Å²) < 4.78 is 7.55. The molecule has 2 aliphatic heterocycles. The van der Waals surface area contributed by atoms with Crippen molar-refractivity contribution in [2.24, 2.45) is 5.92 Å². The van der Waals surface area contributed by atoms with Crippen LogP contribution in [0.15, 0.2) is 42.7 Å². The third kappa shape index (κ3) is 5.70. The molecular formula is C24H34N4O2. The van der Waals surface area contributed by atoms with Crippen molar-refractivity contribution in [1.29, 1.82) is 0 Å². The summed E-state index contributed by atoms with van der Waals surface area (Å²) in [5, 5.41) is 4.21. The Balaban J connectivity index is 1.31. The number of amides is 1. The van der Waals surface area contributed by atoms with Gasteiger partial charge in [-0.05, 0) is 68.8 Å². The van der Waals surface area contributed by atoms with Crippen LogP contribution in [0.2, 0.25) is 0 Å². The van der Waals surface area contributed by atoms with Crippen molar-refractivity contribution in [3.8, 4) is 0 Å². The number of nitrogens with zero attached hydrogens (tertiary/aromatic N) is 4. The van der Waals surface area contributed by atoms with E-state index in [9.17, 15) is 4.79 Å². The standard InChI is InChI=1S/C24H34N4O2/c1-20-6-2-3-7-22(20)17-26-13-9-21(10-14-26)16-27(18-23-8-4-15-30-23)24(29)19-28-12-5-11-25-28/h2-3,5-7,11-12,21,23H,4,8-10,13-19H2,1H3. The predicted octanol–water partition coefficient (Wildman–Crippen LogP) is 3.11. The van der Waals surface area contributed by atoms with Gasteiger partial charge < -0.3 is 9.64 Å². The van der Waals surface area contributed by atoms with Gasteiger partial charge in [0.05, 0.1) is 6.10 Å². The monoisotopic (exact) mass is 410 g/mol. The molecule has 0 saturated carbocycles. The van der Waals surface area contributed by atoms with Crippen LogP contribution in [0, 0.1) is 12.8 Å². The van der Waals surface area contributed by atoms with Crippen molar-refractivity contribution in [2.75, 3.05) is 32.8 Å². The highest BCUT2D eigenvalue weighted by Gasteiger charge is 2.27. The van der Waals surface area contributed by atoms with Crippen LogP contribution >= 0.6 is 0 Å². The first-order chi connectivity index (χ1) is 14.7. The summed E-state index contributed by atoms with van der Waals surface area (Å²) >= 11 is 0. The number of carbonyl (C=O) groups excluding carboxylic acids is 1. The highest BCUT2D eigenvalue weighted by Crippen LogP contribution is 2.22. The Kier molecular flexibility index (Phi) is 7.18. The maximum atomic E-state index is 13.0. The molecule has 2 aliphatic rings. The van der Waals surface area contributed by atoms with Gasteiger partial charge in [0.2, 0.25) is 5.91 Å². The Morgan fingerprint density at radius 2 is 2.00 bits per heavy atom. The van der Waals surface area contributed by atoms with E-state index in [0.29, 0.717) is 19.0 Å². The number of aromatic nitrogens is 2. The normalized spacial score (nSPS) is 20.5. The lowest BCUT2D eigenvalue weighted by Crippen LogP contribution is -2.44. The molecule has 1 amide bonds. The molecule has 1 atom stereocenters. The minimum absolute atomic E-state index is 0.150. The number of likely N-dealkylation sites (tertiary alicyclic amines) is 1. The Hall–Kier alpha value is -2.18. The third-order valence-corrected chi connectivity index (χ3v) is 6.50. The fourth-order valence-corrected chi connectivity index (χ4v) is 4.61. The minimum Gasteiger partial charge on any atom is -0.376 e. The zero-order chi connectivity index (χ0) is 20.8. The van der Waals surface area contributed by atoms with Crippen molar-refractivity contribution in [2.45, 2.75) is 51.8 Å². The Morgan fingerprint density at radius 1 is 1.17 bits per heavy atom. The predicted molar refractivity (Wildman–Crippen MR) is 117 cm³/mol. The summed E-state index contributed by atoms with van der Waals surface area (Å²) in [5.74, 6) is 0.706. The number of rotatable bonds is 8. The van der Waals surface area contributed by atoms with Gasteiger partial charge in [0.15, 0.2) is 0 Å². The molecule has 6 nitrogen and oxygen atoms in total. The summed E-state index contributed by atoms with van der Waals surface area (Å²) in [6.07, 6.45) is 8.21. The van der Waals surface area contributed by atoms with Gasteiger partial charge in [-0.1, -0.05) is 24.3 Å². The smallest absolute Gasteiger partial charge is 0.244 e. The van der Waals surface area contributed by atoms with Crippen LogP contribution in [0.5, 0.6) is 0 Å². The second-order valence-corrected chi connectivity index (χ2v) is 8.78. The molecule has 4 rings (SSSR count). The Labute approximate surface area is 179 Å². The fourth-order valence-electron chi connectivity index (χ4n) is 4.61. The zero-order valence-corrected chi connectivity index (χ0v) is 18.1. The number of aryl methyl sites for hydroxylation is 1. The summed E-state index contributed by atoms with van der Waals surface area (Å²) in [6, 6.07) is 10.5. The van der Waals surface area contributed by atoms with E-state index < -0.39 is 0 Å². The summed E-state index contributed by atoms with van der Waals surface area (Å²) in [5.41, 5.74) is 2.79. The van der Waals surface area contributed by atoms with Gasteiger partial charge in [-0.25, -0.2) is 0 Å². The van der Waals surface area contributed by atoms with E-state index in [1.807, 2.05) is 17.2 Å². The van der Waals surface area contributed by atoms with Crippen molar-refractivity contribution >= 4 is 5.91 Å². The van der Waals surface area contributed by atoms with E-state index in [1.165, 1.54) is 11.1 Å². The number of ether oxygens (including phenoxy) is 1. The molecular weight excluding hydrogens is 376 g/mol. The second kappa shape index (κ2) is 10.2. The third-order valence-electron chi connectivity index (χ3n) is 6.50. The van der Waals surface area contributed by atoms with Crippen LogP contribution in [0.4, 0.5) is 0 Å². The zero-order valence-electron chi connectivity index (χ0n) is 18.1. The average Bonchev–Trinajstić information content (AvgIpc) is 3.45. The maximum absolute atomic E-state index is 13.0. The van der Waals surface area contributed by atoms with Crippen molar-refractivity contribution < 1.29 is 9.53 Å². The fraction of sp³-hybridized carbons (Fsp3) is 0.583. The van der Waals surface area contributed by atoms with Crippen LogP contribution in [0.25, 0.3) is 0 Å². The largest absolute Gasteiger partial charge is 0.376 e. The number of carbonyl (C=O) groups is 1. The van der Waals surface area contributed by atoms with Gasteiger partial charge in [0.25, 0.3) is 0 Å². The lowest BCUT2D eigenvalue weighted by molar-refractivity contribution is -0.134. The molecule has 0 aliphatic carbocycles. The lowest BCUT2D eigenvalue weighted by Gasteiger charge is -2.35. The van der Waals surface area contributed by atoms with E-state index in [-0.39, 0.29) is 12.0 Å². The van der Waals surface area contributed by atoms with Gasteiger partial charge in [-0.15, -0.1) is 0 Å². The number of hydrogen-bond donors (Lipinski definition) is 0. The molecule has 1 aromatic carbocycles. The van der Waals surface area contributed by atoms with Crippen molar-refractivity contribution in [3.05, 3.63) is 53.9 Å². The first-order valence-electron chi connectivity index (χ1n) is 11.3. The molecule has 2 aromatic rings. The average molecular weight is 411 g/mol. The quantitative estimate of drug-likeness (QED) is 0.671.